The maximum Gasteiger partial charge on any atom is 0.326 e. The van der Waals surface area contributed by atoms with E-state index in [1.807, 2.05) is 20.8 Å². The minimum absolute atomic E-state index is 0.188. The standard InChI is InChI=1S/C30H49NO4/c1-5-7-8-9-10-11-12-13-14-15-16-17-18-19-20-21-22-23-24-35-28(6-2)29(32)31-27(30(33)34)25-26(3)4/h7-8,10-11,13-14,16-17,19-20,26-28H,5-6,9,12,15,18,21-25H2,1-4H3,(H,31,32)(H,33,34). The number of carboxylic acids is 1. The Labute approximate surface area is 214 Å². The summed E-state index contributed by atoms with van der Waals surface area (Å²) in [6.07, 6.45) is 30.1. The summed E-state index contributed by atoms with van der Waals surface area (Å²) in [6, 6.07) is -0.865. The van der Waals surface area contributed by atoms with Gasteiger partial charge in [0, 0.05) is 6.61 Å². The maximum absolute atomic E-state index is 12.4. The molecule has 5 nitrogen and oxygen atoms in total. The summed E-state index contributed by atoms with van der Waals surface area (Å²) in [6.45, 7) is 8.39. The SMILES string of the molecule is CCC=CCC=CCC=CCC=CCC=CCCCCOC(CC)C(=O)NC(CC(C)C)C(=O)O. The second-order valence-corrected chi connectivity index (χ2v) is 9.00. The summed E-state index contributed by atoms with van der Waals surface area (Å²) >= 11 is 0. The van der Waals surface area contributed by atoms with Crippen molar-refractivity contribution in [3.8, 4) is 0 Å². The lowest BCUT2D eigenvalue weighted by atomic mass is 10.0. The number of carbonyl (C=O) groups is 2. The van der Waals surface area contributed by atoms with Gasteiger partial charge in [0.15, 0.2) is 0 Å². The summed E-state index contributed by atoms with van der Waals surface area (Å²) in [7, 11) is 0. The van der Waals surface area contributed by atoms with Gasteiger partial charge in [-0.15, -0.1) is 0 Å². The van der Waals surface area contributed by atoms with Crippen molar-refractivity contribution < 1.29 is 19.4 Å². The van der Waals surface area contributed by atoms with Crippen LogP contribution in [0.2, 0.25) is 0 Å². The van der Waals surface area contributed by atoms with Gasteiger partial charge in [-0.05, 0) is 70.1 Å². The maximum atomic E-state index is 12.4. The van der Waals surface area contributed by atoms with Gasteiger partial charge in [-0.2, -0.15) is 0 Å². The fourth-order valence-corrected chi connectivity index (χ4v) is 3.29. The molecular formula is C30H49NO4. The van der Waals surface area contributed by atoms with Gasteiger partial charge in [0.1, 0.15) is 12.1 Å². The van der Waals surface area contributed by atoms with Crippen molar-refractivity contribution in [2.45, 2.75) is 104 Å². The Balaban J connectivity index is 3.89. The predicted octanol–water partition coefficient (Wildman–Crippen LogP) is 7.32. The number of hydrogen-bond donors (Lipinski definition) is 2. The smallest absolute Gasteiger partial charge is 0.326 e. The van der Waals surface area contributed by atoms with Crippen molar-refractivity contribution in [2.24, 2.45) is 5.92 Å². The number of nitrogens with one attached hydrogen (secondary N) is 1. The number of amides is 1. The number of ether oxygens (including phenoxy) is 1. The Hall–Kier alpha value is -2.40. The highest BCUT2D eigenvalue weighted by Crippen LogP contribution is 2.08. The molecule has 0 radical (unpaired) electrons. The average Bonchev–Trinajstić information content (AvgIpc) is 2.82. The average molecular weight is 488 g/mol. The summed E-state index contributed by atoms with van der Waals surface area (Å²) in [5.74, 6) is -1.15. The largest absolute Gasteiger partial charge is 0.480 e. The van der Waals surface area contributed by atoms with E-state index in [1.165, 1.54) is 0 Å². The lowest BCUT2D eigenvalue weighted by Gasteiger charge is -2.21. The van der Waals surface area contributed by atoms with Crippen molar-refractivity contribution in [2.75, 3.05) is 6.61 Å². The fourth-order valence-electron chi connectivity index (χ4n) is 3.29. The molecule has 2 atom stereocenters. The first kappa shape index (κ1) is 32.6. The Morgan fingerprint density at radius 2 is 1.31 bits per heavy atom. The van der Waals surface area contributed by atoms with E-state index in [-0.39, 0.29) is 11.8 Å². The van der Waals surface area contributed by atoms with E-state index in [9.17, 15) is 14.7 Å². The highest BCUT2D eigenvalue weighted by Gasteiger charge is 2.25. The molecule has 0 aromatic rings. The molecule has 2 unspecified atom stereocenters. The topological polar surface area (TPSA) is 75.6 Å². The highest BCUT2D eigenvalue weighted by atomic mass is 16.5. The zero-order valence-corrected chi connectivity index (χ0v) is 22.5. The van der Waals surface area contributed by atoms with Crippen molar-refractivity contribution in [3.63, 3.8) is 0 Å². The van der Waals surface area contributed by atoms with Gasteiger partial charge in [-0.3, -0.25) is 4.79 Å². The predicted molar refractivity (Wildman–Crippen MR) is 147 cm³/mol. The van der Waals surface area contributed by atoms with Crippen LogP contribution in [0.3, 0.4) is 0 Å². The summed E-state index contributed by atoms with van der Waals surface area (Å²) in [5.41, 5.74) is 0. The van der Waals surface area contributed by atoms with Crippen molar-refractivity contribution >= 4 is 11.9 Å². The quantitative estimate of drug-likeness (QED) is 0.131. The van der Waals surface area contributed by atoms with Crippen LogP contribution in [0.5, 0.6) is 0 Å². The van der Waals surface area contributed by atoms with E-state index >= 15 is 0 Å². The molecule has 0 aliphatic heterocycles. The molecule has 5 heteroatoms. The molecule has 0 saturated heterocycles. The summed E-state index contributed by atoms with van der Waals surface area (Å²) in [4.78, 5) is 23.7. The second-order valence-electron chi connectivity index (χ2n) is 9.00. The van der Waals surface area contributed by atoms with Gasteiger partial charge >= 0.3 is 5.97 Å². The van der Waals surface area contributed by atoms with E-state index in [4.69, 9.17) is 4.74 Å². The van der Waals surface area contributed by atoms with Crippen LogP contribution < -0.4 is 5.32 Å². The molecule has 1 amide bonds. The first-order valence-electron chi connectivity index (χ1n) is 13.3. The normalized spacial score (nSPS) is 14.3. The number of carboxylic acid groups (broad SMARTS) is 1. The molecule has 0 fully saturated rings. The summed E-state index contributed by atoms with van der Waals surface area (Å²) in [5, 5.41) is 11.9. The van der Waals surface area contributed by atoms with E-state index in [1.54, 1.807) is 0 Å². The van der Waals surface area contributed by atoms with Crippen LogP contribution in [0, 0.1) is 5.92 Å². The molecule has 0 aromatic carbocycles. The third-order valence-electron chi connectivity index (χ3n) is 5.23. The van der Waals surface area contributed by atoms with E-state index < -0.39 is 18.1 Å². The summed E-state index contributed by atoms with van der Waals surface area (Å²) < 4.78 is 5.71. The number of unbranched alkanes of at least 4 members (excludes halogenated alkanes) is 2. The van der Waals surface area contributed by atoms with Crippen molar-refractivity contribution in [1.82, 2.24) is 5.32 Å². The van der Waals surface area contributed by atoms with E-state index in [0.717, 1.165) is 51.4 Å². The molecule has 2 N–H and O–H groups in total. The van der Waals surface area contributed by atoms with Crippen LogP contribution in [0.15, 0.2) is 60.8 Å². The minimum atomic E-state index is -1.00. The molecule has 0 saturated carbocycles. The van der Waals surface area contributed by atoms with Gasteiger partial charge < -0.3 is 15.2 Å². The number of carbonyl (C=O) groups excluding carboxylic acids is 1. The second kappa shape index (κ2) is 23.3. The number of allylic oxidation sites excluding steroid dienone is 10. The van der Waals surface area contributed by atoms with Gasteiger partial charge in [0.2, 0.25) is 5.91 Å². The molecule has 0 heterocycles. The highest BCUT2D eigenvalue weighted by molar-refractivity contribution is 5.86. The molecule has 0 aliphatic carbocycles. The Kier molecular flexibility index (Phi) is 21.7. The molecular weight excluding hydrogens is 438 g/mol. The van der Waals surface area contributed by atoms with E-state index in [2.05, 4.69) is 73.0 Å². The zero-order valence-electron chi connectivity index (χ0n) is 22.5. The lowest BCUT2D eigenvalue weighted by molar-refractivity contribution is -0.145. The van der Waals surface area contributed by atoms with E-state index in [0.29, 0.717) is 19.4 Å². The van der Waals surface area contributed by atoms with Crippen LogP contribution in [-0.2, 0) is 14.3 Å². The first-order chi connectivity index (χ1) is 16.9. The molecule has 0 aliphatic rings. The van der Waals surface area contributed by atoms with Crippen molar-refractivity contribution in [1.29, 1.82) is 0 Å². The van der Waals surface area contributed by atoms with Crippen LogP contribution in [-0.4, -0.2) is 35.7 Å². The minimum Gasteiger partial charge on any atom is -0.480 e. The van der Waals surface area contributed by atoms with Gasteiger partial charge in [-0.1, -0.05) is 88.5 Å². The van der Waals surface area contributed by atoms with Gasteiger partial charge in [0.05, 0.1) is 0 Å². The number of hydrogen-bond acceptors (Lipinski definition) is 3. The van der Waals surface area contributed by atoms with Crippen LogP contribution >= 0.6 is 0 Å². The third-order valence-corrected chi connectivity index (χ3v) is 5.23. The lowest BCUT2D eigenvalue weighted by Crippen LogP contribution is -2.46. The van der Waals surface area contributed by atoms with Gasteiger partial charge in [-0.25, -0.2) is 4.79 Å². The Morgan fingerprint density at radius 3 is 1.77 bits per heavy atom. The molecule has 0 aromatic heterocycles. The van der Waals surface area contributed by atoms with Crippen LogP contribution in [0.25, 0.3) is 0 Å². The Morgan fingerprint density at radius 1 is 0.800 bits per heavy atom. The van der Waals surface area contributed by atoms with Crippen molar-refractivity contribution in [3.05, 3.63) is 60.8 Å². The molecule has 0 rings (SSSR count). The van der Waals surface area contributed by atoms with Crippen LogP contribution in [0.1, 0.15) is 91.9 Å². The fraction of sp³-hybridized carbons (Fsp3) is 0.600. The monoisotopic (exact) mass is 487 g/mol. The molecule has 198 valence electrons. The van der Waals surface area contributed by atoms with Crippen LogP contribution in [0.4, 0.5) is 0 Å². The Bertz CT molecular complexity index is 688. The molecule has 0 bridgehead atoms. The molecule has 35 heavy (non-hydrogen) atoms. The molecule has 0 spiro atoms. The number of aliphatic carboxylic acids is 1. The third kappa shape index (κ3) is 20.7. The first-order valence-corrected chi connectivity index (χ1v) is 13.3. The zero-order chi connectivity index (χ0) is 26.2. The van der Waals surface area contributed by atoms with Gasteiger partial charge in [0.25, 0.3) is 0 Å². The number of rotatable bonds is 21.